The number of guanidine groups is 1. The maximum atomic E-state index is 6.03. The first-order valence-electron chi connectivity index (χ1n) is 8.56. The molecule has 1 aromatic rings. The number of nitrogens with one attached hydrogen (secondary N) is 1. The molecular formula is C18H30N4. The van der Waals surface area contributed by atoms with Gasteiger partial charge in [0.25, 0.3) is 0 Å². The van der Waals surface area contributed by atoms with Crippen molar-refractivity contribution >= 4 is 11.6 Å². The number of aliphatic imine (C=N–C) groups is 1. The number of unbranched alkanes of at least 4 members (excludes halogenated alkanes) is 1. The average molecular weight is 302 g/mol. The largest absolute Gasteiger partial charge is 0.370 e. The van der Waals surface area contributed by atoms with Gasteiger partial charge in [0.15, 0.2) is 5.96 Å². The Morgan fingerprint density at radius 1 is 1.32 bits per heavy atom. The Bertz CT molecular complexity index is 466. The number of rotatable bonds is 6. The molecule has 0 aromatic heterocycles. The van der Waals surface area contributed by atoms with Crippen LogP contribution in [0.4, 0.5) is 5.69 Å². The van der Waals surface area contributed by atoms with Crippen LogP contribution in [0, 0.1) is 6.92 Å². The Hall–Kier alpha value is -1.55. The van der Waals surface area contributed by atoms with Gasteiger partial charge in [0.2, 0.25) is 0 Å². The average Bonchev–Trinajstić information content (AvgIpc) is 2.54. The second kappa shape index (κ2) is 8.79. The van der Waals surface area contributed by atoms with Crippen LogP contribution in [0.15, 0.2) is 29.3 Å². The molecule has 22 heavy (non-hydrogen) atoms. The summed E-state index contributed by atoms with van der Waals surface area (Å²) in [5, 5.41) is 3.18. The van der Waals surface area contributed by atoms with Gasteiger partial charge < -0.3 is 11.1 Å². The Morgan fingerprint density at radius 3 is 2.82 bits per heavy atom. The summed E-state index contributed by atoms with van der Waals surface area (Å²) in [6.45, 7) is 7.54. The zero-order valence-electron chi connectivity index (χ0n) is 14.0. The molecule has 1 unspecified atom stereocenters. The van der Waals surface area contributed by atoms with Gasteiger partial charge in [-0.2, -0.15) is 0 Å². The van der Waals surface area contributed by atoms with Crippen LogP contribution < -0.4 is 11.1 Å². The number of benzene rings is 1. The molecule has 0 spiro atoms. The fourth-order valence-corrected chi connectivity index (χ4v) is 2.95. The standard InChI is InChI=1S/C18H30N4/c1-3-4-12-22-13-6-5-7-17(22)14-20-18(19)21-16-10-8-15(2)9-11-16/h8-11,17H,3-7,12-14H2,1-2H3,(H3,19,20,21). The molecule has 1 atom stereocenters. The van der Waals surface area contributed by atoms with Crippen molar-refractivity contribution in [3.63, 3.8) is 0 Å². The van der Waals surface area contributed by atoms with Crippen molar-refractivity contribution in [3.8, 4) is 0 Å². The molecule has 0 bridgehead atoms. The van der Waals surface area contributed by atoms with Gasteiger partial charge in [-0.15, -0.1) is 0 Å². The second-order valence-corrected chi connectivity index (χ2v) is 6.26. The van der Waals surface area contributed by atoms with Crippen LogP contribution in [0.1, 0.15) is 44.6 Å². The summed E-state index contributed by atoms with van der Waals surface area (Å²) in [4.78, 5) is 7.16. The fourth-order valence-electron chi connectivity index (χ4n) is 2.95. The monoisotopic (exact) mass is 302 g/mol. The topological polar surface area (TPSA) is 53.6 Å². The first kappa shape index (κ1) is 16.8. The molecule has 0 aliphatic carbocycles. The van der Waals surface area contributed by atoms with Crippen LogP contribution in [0.2, 0.25) is 0 Å². The van der Waals surface area contributed by atoms with Gasteiger partial charge in [0, 0.05) is 11.7 Å². The molecule has 4 heteroatoms. The molecule has 1 heterocycles. The number of likely N-dealkylation sites (tertiary alicyclic amines) is 1. The van der Waals surface area contributed by atoms with Crippen molar-refractivity contribution in [1.82, 2.24) is 4.90 Å². The number of aryl methyl sites for hydroxylation is 1. The summed E-state index contributed by atoms with van der Waals surface area (Å²) in [5.74, 6) is 0.518. The van der Waals surface area contributed by atoms with Gasteiger partial charge in [-0.3, -0.25) is 9.89 Å². The van der Waals surface area contributed by atoms with Crippen molar-refractivity contribution in [2.24, 2.45) is 10.7 Å². The zero-order valence-corrected chi connectivity index (χ0v) is 14.0. The first-order chi connectivity index (χ1) is 10.7. The van der Waals surface area contributed by atoms with Gasteiger partial charge in [0.05, 0.1) is 6.54 Å². The number of hydrogen-bond acceptors (Lipinski definition) is 2. The Morgan fingerprint density at radius 2 is 2.09 bits per heavy atom. The Labute approximate surface area is 134 Å². The third-order valence-corrected chi connectivity index (χ3v) is 4.34. The van der Waals surface area contributed by atoms with E-state index in [4.69, 9.17) is 5.73 Å². The molecule has 3 N–H and O–H groups in total. The summed E-state index contributed by atoms with van der Waals surface area (Å²) in [6, 6.07) is 8.77. The summed E-state index contributed by atoms with van der Waals surface area (Å²) in [5.41, 5.74) is 8.27. The SMILES string of the molecule is CCCCN1CCCCC1CN=C(N)Nc1ccc(C)cc1. The zero-order chi connectivity index (χ0) is 15.8. The van der Waals surface area contributed by atoms with Crippen molar-refractivity contribution < 1.29 is 0 Å². The predicted molar refractivity (Wildman–Crippen MR) is 95.4 cm³/mol. The predicted octanol–water partition coefficient (Wildman–Crippen LogP) is 3.38. The molecule has 4 nitrogen and oxygen atoms in total. The Balaban J connectivity index is 1.86. The molecule has 1 saturated heterocycles. The fraction of sp³-hybridized carbons (Fsp3) is 0.611. The molecule has 0 amide bonds. The molecule has 0 radical (unpaired) electrons. The molecule has 122 valence electrons. The lowest BCUT2D eigenvalue weighted by Crippen LogP contribution is -2.42. The summed E-state index contributed by atoms with van der Waals surface area (Å²) < 4.78 is 0. The molecular weight excluding hydrogens is 272 g/mol. The maximum absolute atomic E-state index is 6.03. The van der Waals surface area contributed by atoms with E-state index in [-0.39, 0.29) is 0 Å². The normalized spacial score (nSPS) is 20.1. The number of hydrogen-bond donors (Lipinski definition) is 2. The molecule has 2 rings (SSSR count). The molecule has 1 aliphatic rings. The third-order valence-electron chi connectivity index (χ3n) is 4.34. The molecule has 0 saturated carbocycles. The minimum Gasteiger partial charge on any atom is -0.370 e. The number of anilines is 1. The van der Waals surface area contributed by atoms with Crippen molar-refractivity contribution in [2.75, 3.05) is 25.0 Å². The first-order valence-corrected chi connectivity index (χ1v) is 8.56. The van der Waals surface area contributed by atoms with E-state index in [1.54, 1.807) is 0 Å². The van der Waals surface area contributed by atoms with E-state index in [0.29, 0.717) is 12.0 Å². The highest BCUT2D eigenvalue weighted by Crippen LogP contribution is 2.18. The van der Waals surface area contributed by atoms with Crippen LogP contribution in [-0.4, -0.2) is 36.5 Å². The smallest absolute Gasteiger partial charge is 0.193 e. The summed E-state index contributed by atoms with van der Waals surface area (Å²) in [6.07, 6.45) is 6.40. The third kappa shape index (κ3) is 5.34. The van der Waals surface area contributed by atoms with E-state index in [1.165, 1.54) is 50.8 Å². The van der Waals surface area contributed by atoms with Crippen LogP contribution in [0.25, 0.3) is 0 Å². The van der Waals surface area contributed by atoms with Crippen molar-refractivity contribution in [1.29, 1.82) is 0 Å². The molecule has 1 aromatic carbocycles. The van der Waals surface area contributed by atoms with E-state index >= 15 is 0 Å². The van der Waals surface area contributed by atoms with Crippen LogP contribution in [-0.2, 0) is 0 Å². The number of nitrogens with zero attached hydrogens (tertiary/aromatic N) is 2. The summed E-state index contributed by atoms with van der Waals surface area (Å²) in [7, 11) is 0. The maximum Gasteiger partial charge on any atom is 0.193 e. The lowest BCUT2D eigenvalue weighted by Gasteiger charge is -2.34. The Kier molecular flexibility index (Phi) is 6.72. The van der Waals surface area contributed by atoms with E-state index in [9.17, 15) is 0 Å². The van der Waals surface area contributed by atoms with E-state index in [2.05, 4.69) is 41.2 Å². The second-order valence-electron chi connectivity index (χ2n) is 6.26. The highest BCUT2D eigenvalue weighted by molar-refractivity contribution is 5.92. The lowest BCUT2D eigenvalue weighted by molar-refractivity contribution is 0.151. The number of nitrogens with two attached hydrogens (primary N) is 1. The highest BCUT2D eigenvalue weighted by atomic mass is 15.2. The van der Waals surface area contributed by atoms with Gasteiger partial charge in [0.1, 0.15) is 0 Å². The van der Waals surface area contributed by atoms with Gasteiger partial charge >= 0.3 is 0 Å². The minimum absolute atomic E-state index is 0.518. The minimum atomic E-state index is 0.518. The van der Waals surface area contributed by atoms with E-state index in [0.717, 1.165) is 12.2 Å². The van der Waals surface area contributed by atoms with Crippen LogP contribution >= 0.6 is 0 Å². The van der Waals surface area contributed by atoms with Crippen molar-refractivity contribution in [2.45, 2.75) is 52.0 Å². The lowest BCUT2D eigenvalue weighted by atomic mass is 10.0. The number of piperidine rings is 1. The van der Waals surface area contributed by atoms with Gasteiger partial charge in [-0.25, -0.2) is 0 Å². The van der Waals surface area contributed by atoms with Crippen LogP contribution in [0.5, 0.6) is 0 Å². The van der Waals surface area contributed by atoms with E-state index in [1.807, 2.05) is 12.1 Å². The highest BCUT2D eigenvalue weighted by Gasteiger charge is 2.21. The van der Waals surface area contributed by atoms with Crippen LogP contribution in [0.3, 0.4) is 0 Å². The quantitative estimate of drug-likeness (QED) is 0.625. The molecule has 1 aliphatic heterocycles. The van der Waals surface area contributed by atoms with Crippen molar-refractivity contribution in [3.05, 3.63) is 29.8 Å². The van der Waals surface area contributed by atoms with Gasteiger partial charge in [-0.05, 0) is 51.4 Å². The van der Waals surface area contributed by atoms with E-state index < -0.39 is 0 Å². The molecule has 1 fully saturated rings. The summed E-state index contributed by atoms with van der Waals surface area (Å²) >= 11 is 0. The van der Waals surface area contributed by atoms with Gasteiger partial charge in [-0.1, -0.05) is 37.5 Å².